The van der Waals surface area contributed by atoms with Gasteiger partial charge in [-0.3, -0.25) is 0 Å². The zero-order valence-electron chi connectivity index (χ0n) is 17.4. The third kappa shape index (κ3) is 3.42. The van der Waals surface area contributed by atoms with Gasteiger partial charge < -0.3 is 18.8 Å². The third-order valence-electron chi connectivity index (χ3n) is 6.13. The summed E-state index contributed by atoms with van der Waals surface area (Å²) < 4.78 is 17.8. The fraction of sp³-hybridized carbons (Fsp3) is 0.400. The van der Waals surface area contributed by atoms with Crippen LogP contribution in [-0.4, -0.2) is 13.3 Å². The molecule has 0 atom stereocenters. The summed E-state index contributed by atoms with van der Waals surface area (Å²) in [7, 11) is 0. The molecule has 5 rings (SSSR count). The Bertz CT molecular complexity index is 1130. The first-order valence-electron chi connectivity index (χ1n) is 11.0. The van der Waals surface area contributed by atoms with Crippen LogP contribution >= 0.6 is 0 Å². The molecule has 2 heterocycles. The maximum absolute atomic E-state index is 12.6. The Morgan fingerprint density at radius 1 is 1.07 bits per heavy atom. The van der Waals surface area contributed by atoms with E-state index in [2.05, 4.69) is 24.0 Å². The second kappa shape index (κ2) is 8.05. The molecule has 156 valence electrons. The van der Waals surface area contributed by atoms with Crippen molar-refractivity contribution in [1.29, 1.82) is 0 Å². The summed E-state index contributed by atoms with van der Waals surface area (Å²) in [6.07, 6.45) is 6.09. The second-order valence-corrected chi connectivity index (χ2v) is 8.14. The predicted octanol–water partition coefficient (Wildman–Crippen LogP) is 5.21. The van der Waals surface area contributed by atoms with Crippen LogP contribution < -0.4 is 20.0 Å². The number of nitrogens with zero attached hydrogens (tertiary/aromatic N) is 1. The molecule has 0 spiro atoms. The van der Waals surface area contributed by atoms with E-state index in [1.807, 2.05) is 24.3 Å². The minimum atomic E-state index is -0.186. The molecule has 3 aromatic rings. The summed E-state index contributed by atoms with van der Waals surface area (Å²) in [5.41, 5.74) is 4.50. The minimum absolute atomic E-state index is 0.186. The number of hydrogen-bond acceptors (Lipinski definition) is 5. The third-order valence-corrected chi connectivity index (χ3v) is 6.13. The predicted molar refractivity (Wildman–Crippen MR) is 118 cm³/mol. The molecule has 2 aromatic carbocycles. The average Bonchev–Trinajstić information content (AvgIpc) is 2.79. The standard InChI is InChI=1S/C25H27NO4/c1-2-3-13-28-18-8-6-7-17(14-18)26-15-22-23(29-16-26)12-11-20-19-9-4-5-10-21(19)25(27)30-24(20)22/h6-8,11-12,14H,2-5,9-10,13,15-16H2,1H3. The van der Waals surface area contributed by atoms with Gasteiger partial charge in [0.05, 0.1) is 18.7 Å². The lowest BCUT2D eigenvalue weighted by Gasteiger charge is -2.31. The summed E-state index contributed by atoms with van der Waals surface area (Å²) in [5, 5.41) is 1.06. The Morgan fingerprint density at radius 3 is 2.80 bits per heavy atom. The molecule has 30 heavy (non-hydrogen) atoms. The van der Waals surface area contributed by atoms with E-state index in [1.165, 1.54) is 5.56 Å². The van der Waals surface area contributed by atoms with Gasteiger partial charge in [0.15, 0.2) is 6.73 Å². The molecule has 1 aliphatic heterocycles. The number of anilines is 1. The quantitative estimate of drug-likeness (QED) is 0.431. The zero-order valence-corrected chi connectivity index (χ0v) is 17.4. The molecule has 1 aromatic heterocycles. The largest absolute Gasteiger partial charge is 0.494 e. The average molecular weight is 405 g/mol. The van der Waals surface area contributed by atoms with Crippen molar-refractivity contribution in [3.05, 3.63) is 63.5 Å². The van der Waals surface area contributed by atoms with Crippen LogP contribution in [0.1, 0.15) is 49.3 Å². The van der Waals surface area contributed by atoms with Crippen LogP contribution in [0, 0.1) is 0 Å². The van der Waals surface area contributed by atoms with Crippen molar-refractivity contribution in [3.63, 3.8) is 0 Å². The molecule has 0 bridgehead atoms. The van der Waals surface area contributed by atoms with Gasteiger partial charge in [-0.1, -0.05) is 19.4 Å². The lowest BCUT2D eigenvalue weighted by atomic mass is 9.90. The Labute approximate surface area is 176 Å². The highest BCUT2D eigenvalue weighted by Gasteiger charge is 2.25. The number of aryl methyl sites for hydroxylation is 1. The molecule has 0 radical (unpaired) electrons. The van der Waals surface area contributed by atoms with Crippen LogP contribution in [0.3, 0.4) is 0 Å². The van der Waals surface area contributed by atoms with Gasteiger partial charge in [0, 0.05) is 22.7 Å². The van der Waals surface area contributed by atoms with E-state index in [-0.39, 0.29) is 5.63 Å². The summed E-state index contributed by atoms with van der Waals surface area (Å²) in [4.78, 5) is 14.8. The number of rotatable bonds is 5. The fourth-order valence-corrected chi connectivity index (χ4v) is 4.49. The number of fused-ring (bicyclic) bond motifs is 5. The van der Waals surface area contributed by atoms with E-state index < -0.39 is 0 Å². The second-order valence-electron chi connectivity index (χ2n) is 8.14. The van der Waals surface area contributed by atoms with Crippen molar-refractivity contribution < 1.29 is 13.9 Å². The van der Waals surface area contributed by atoms with Gasteiger partial charge in [-0.2, -0.15) is 0 Å². The molecule has 5 heteroatoms. The van der Waals surface area contributed by atoms with Crippen molar-refractivity contribution in [2.45, 2.75) is 52.0 Å². The molecule has 0 saturated heterocycles. The van der Waals surface area contributed by atoms with Crippen LogP contribution in [0.2, 0.25) is 0 Å². The van der Waals surface area contributed by atoms with E-state index in [4.69, 9.17) is 13.9 Å². The first kappa shape index (κ1) is 19.0. The first-order chi connectivity index (χ1) is 14.7. The molecule has 0 fully saturated rings. The highest BCUT2D eigenvalue weighted by atomic mass is 16.5. The summed E-state index contributed by atoms with van der Waals surface area (Å²) in [6, 6.07) is 12.2. The van der Waals surface area contributed by atoms with Gasteiger partial charge in [-0.25, -0.2) is 4.79 Å². The summed E-state index contributed by atoms with van der Waals surface area (Å²) in [5.74, 6) is 1.67. The highest BCUT2D eigenvalue weighted by Crippen LogP contribution is 2.37. The number of ether oxygens (including phenoxy) is 2. The van der Waals surface area contributed by atoms with Gasteiger partial charge in [0.25, 0.3) is 0 Å². The lowest BCUT2D eigenvalue weighted by molar-refractivity contribution is 0.288. The highest BCUT2D eigenvalue weighted by molar-refractivity contribution is 5.86. The van der Waals surface area contributed by atoms with Crippen molar-refractivity contribution in [2.24, 2.45) is 0 Å². The van der Waals surface area contributed by atoms with Gasteiger partial charge in [-0.05, 0) is 61.9 Å². The van der Waals surface area contributed by atoms with E-state index in [0.29, 0.717) is 18.9 Å². The molecule has 2 aliphatic rings. The van der Waals surface area contributed by atoms with E-state index in [9.17, 15) is 4.79 Å². The van der Waals surface area contributed by atoms with Crippen LogP contribution in [-0.2, 0) is 19.4 Å². The van der Waals surface area contributed by atoms with E-state index >= 15 is 0 Å². The Morgan fingerprint density at radius 2 is 1.93 bits per heavy atom. The summed E-state index contributed by atoms with van der Waals surface area (Å²) >= 11 is 0. The van der Waals surface area contributed by atoms with Crippen molar-refractivity contribution in [2.75, 3.05) is 18.2 Å². The molecule has 0 saturated carbocycles. The lowest BCUT2D eigenvalue weighted by Crippen LogP contribution is -2.32. The first-order valence-corrected chi connectivity index (χ1v) is 11.0. The van der Waals surface area contributed by atoms with Crippen molar-refractivity contribution in [1.82, 2.24) is 0 Å². The van der Waals surface area contributed by atoms with E-state index in [1.54, 1.807) is 0 Å². The molecular formula is C25H27NO4. The Hall–Kier alpha value is -2.95. The molecule has 0 amide bonds. The maximum Gasteiger partial charge on any atom is 0.339 e. The number of unbranched alkanes of at least 4 members (excludes halogenated alkanes) is 1. The van der Waals surface area contributed by atoms with Crippen LogP contribution in [0.15, 0.2) is 45.6 Å². The Balaban J connectivity index is 1.50. The zero-order chi connectivity index (χ0) is 20.5. The monoisotopic (exact) mass is 405 g/mol. The molecule has 0 N–H and O–H groups in total. The molecule has 1 aliphatic carbocycles. The van der Waals surface area contributed by atoms with Crippen molar-refractivity contribution >= 4 is 16.7 Å². The number of benzene rings is 2. The van der Waals surface area contributed by atoms with Crippen molar-refractivity contribution in [3.8, 4) is 11.5 Å². The van der Waals surface area contributed by atoms with Gasteiger partial charge in [0.2, 0.25) is 0 Å². The normalized spacial score (nSPS) is 15.4. The van der Waals surface area contributed by atoms with Gasteiger partial charge in [0.1, 0.15) is 17.1 Å². The maximum atomic E-state index is 12.6. The van der Waals surface area contributed by atoms with Gasteiger partial charge >= 0.3 is 5.63 Å². The molecule has 5 nitrogen and oxygen atoms in total. The minimum Gasteiger partial charge on any atom is -0.494 e. The molecular weight excluding hydrogens is 378 g/mol. The van der Waals surface area contributed by atoms with Crippen LogP contribution in [0.25, 0.3) is 11.0 Å². The summed E-state index contributed by atoms with van der Waals surface area (Å²) in [6.45, 7) is 3.96. The number of hydrogen-bond donors (Lipinski definition) is 0. The van der Waals surface area contributed by atoms with Gasteiger partial charge in [-0.15, -0.1) is 0 Å². The Kier molecular flexibility index (Phi) is 5.11. The smallest absolute Gasteiger partial charge is 0.339 e. The van der Waals surface area contributed by atoms with E-state index in [0.717, 1.165) is 78.8 Å². The fourth-order valence-electron chi connectivity index (χ4n) is 4.49. The molecule has 0 unspecified atom stereocenters. The van der Waals surface area contributed by atoms with Crippen LogP contribution in [0.5, 0.6) is 11.5 Å². The van der Waals surface area contributed by atoms with Crippen LogP contribution in [0.4, 0.5) is 5.69 Å². The topological polar surface area (TPSA) is 51.9 Å². The SMILES string of the molecule is CCCCOc1cccc(N2COc3ccc4c5c(c(=O)oc4c3C2)CCCC5)c1.